The second-order valence-electron chi connectivity index (χ2n) is 3.48. The Morgan fingerprint density at radius 1 is 1.56 bits per heavy atom. The number of hydrogen-bond acceptors (Lipinski definition) is 2. The van der Waals surface area contributed by atoms with Crippen molar-refractivity contribution in [3.05, 3.63) is 29.0 Å². The molecule has 2 atom stereocenters. The average molecular weight is 264 g/mol. The van der Waals surface area contributed by atoms with Gasteiger partial charge in [-0.05, 0) is 31.7 Å². The Kier molecular flexibility index (Phi) is 5.38. The highest BCUT2D eigenvalue weighted by atomic mass is 35.5. The molecule has 2 nitrogen and oxygen atoms in total. The Hall–Kier alpha value is -0.450. The lowest BCUT2D eigenvalue weighted by Gasteiger charge is -2.13. The van der Waals surface area contributed by atoms with Crippen LogP contribution in [0.4, 0.5) is 4.39 Å². The summed E-state index contributed by atoms with van der Waals surface area (Å²) in [6.45, 7) is 2.02. The molecule has 1 aromatic carbocycles. The van der Waals surface area contributed by atoms with Crippen LogP contribution in [0, 0.1) is 5.82 Å². The van der Waals surface area contributed by atoms with Crippen molar-refractivity contribution in [2.75, 3.05) is 12.8 Å². The van der Waals surface area contributed by atoms with Crippen LogP contribution in [-0.4, -0.2) is 23.1 Å². The summed E-state index contributed by atoms with van der Waals surface area (Å²) in [6.07, 6.45) is 0.900. The molecule has 0 amide bonds. The quantitative estimate of drug-likeness (QED) is 0.885. The van der Waals surface area contributed by atoms with E-state index in [9.17, 15) is 8.60 Å². The molecule has 2 unspecified atom stereocenters. The second kappa shape index (κ2) is 6.33. The van der Waals surface area contributed by atoms with Gasteiger partial charge in [0, 0.05) is 16.7 Å². The molecule has 1 aromatic rings. The van der Waals surface area contributed by atoms with Crippen molar-refractivity contribution < 1.29 is 8.60 Å². The third-order valence-electron chi connectivity index (χ3n) is 2.41. The Morgan fingerprint density at radius 2 is 2.25 bits per heavy atom. The normalized spacial score (nSPS) is 14.8. The van der Waals surface area contributed by atoms with Crippen LogP contribution in [0.3, 0.4) is 0 Å². The summed E-state index contributed by atoms with van der Waals surface area (Å²) in [5.41, 5.74) is 0. The molecule has 0 aliphatic rings. The highest BCUT2D eigenvalue weighted by molar-refractivity contribution is 7.85. The van der Waals surface area contributed by atoms with Crippen LogP contribution < -0.4 is 5.32 Å². The molecule has 5 heteroatoms. The maximum Gasteiger partial charge on any atom is 0.141 e. The Bertz CT molecular complexity index is 382. The van der Waals surface area contributed by atoms with Crippen molar-refractivity contribution in [2.24, 2.45) is 0 Å². The van der Waals surface area contributed by atoms with Gasteiger partial charge in [-0.1, -0.05) is 18.5 Å². The number of halogens is 2. The molecule has 0 aliphatic heterocycles. The van der Waals surface area contributed by atoms with Crippen molar-refractivity contribution in [2.45, 2.75) is 24.3 Å². The van der Waals surface area contributed by atoms with Gasteiger partial charge in [0.05, 0.1) is 15.8 Å². The van der Waals surface area contributed by atoms with Crippen LogP contribution in [0.1, 0.15) is 13.3 Å². The summed E-state index contributed by atoms with van der Waals surface area (Å²) < 4.78 is 24.8. The third-order valence-corrected chi connectivity index (χ3v) is 4.18. The van der Waals surface area contributed by atoms with E-state index in [0.29, 0.717) is 10.6 Å². The first-order chi connectivity index (χ1) is 7.58. The van der Waals surface area contributed by atoms with Crippen molar-refractivity contribution in [3.8, 4) is 0 Å². The van der Waals surface area contributed by atoms with Gasteiger partial charge in [-0.15, -0.1) is 0 Å². The van der Waals surface area contributed by atoms with Gasteiger partial charge in [-0.25, -0.2) is 4.39 Å². The van der Waals surface area contributed by atoms with E-state index < -0.39 is 16.6 Å². The SMILES string of the molecule is CCC(CS(=O)c1ccc(F)c(Cl)c1)NC. The summed E-state index contributed by atoms with van der Waals surface area (Å²) >= 11 is 5.64. The fourth-order valence-electron chi connectivity index (χ4n) is 1.30. The summed E-state index contributed by atoms with van der Waals surface area (Å²) in [5, 5.41) is 3.10. The summed E-state index contributed by atoms with van der Waals surface area (Å²) in [5.74, 6) is 0.0256. The number of nitrogens with one attached hydrogen (secondary N) is 1. The van der Waals surface area contributed by atoms with Crippen LogP contribution in [-0.2, 0) is 10.8 Å². The predicted octanol–water partition coefficient (Wildman–Crippen LogP) is 2.58. The molecule has 0 aliphatic carbocycles. The first-order valence-electron chi connectivity index (χ1n) is 5.09. The lowest BCUT2D eigenvalue weighted by atomic mass is 10.3. The lowest BCUT2D eigenvalue weighted by Crippen LogP contribution is -2.30. The minimum atomic E-state index is -1.15. The molecule has 0 heterocycles. The van der Waals surface area contributed by atoms with Crippen LogP contribution in [0.2, 0.25) is 5.02 Å². The minimum absolute atomic E-state index is 0.0170. The van der Waals surface area contributed by atoms with E-state index in [0.717, 1.165) is 6.42 Å². The second-order valence-corrected chi connectivity index (χ2v) is 5.38. The molecule has 0 aromatic heterocycles. The van der Waals surface area contributed by atoms with E-state index in [4.69, 9.17) is 11.6 Å². The molecule has 1 N–H and O–H groups in total. The average Bonchev–Trinajstić information content (AvgIpc) is 2.29. The van der Waals surface area contributed by atoms with E-state index in [2.05, 4.69) is 5.32 Å². The maximum absolute atomic E-state index is 12.9. The third kappa shape index (κ3) is 3.54. The van der Waals surface area contributed by atoms with Gasteiger partial charge >= 0.3 is 0 Å². The van der Waals surface area contributed by atoms with Gasteiger partial charge in [-0.3, -0.25) is 4.21 Å². The zero-order valence-electron chi connectivity index (χ0n) is 9.30. The zero-order valence-corrected chi connectivity index (χ0v) is 10.9. The molecule has 16 heavy (non-hydrogen) atoms. The highest BCUT2D eigenvalue weighted by Crippen LogP contribution is 2.18. The Labute approximate surface area is 103 Å². The van der Waals surface area contributed by atoms with Crippen molar-refractivity contribution in [3.63, 3.8) is 0 Å². The first-order valence-corrected chi connectivity index (χ1v) is 6.78. The fourth-order valence-corrected chi connectivity index (χ4v) is 2.98. The largest absolute Gasteiger partial charge is 0.316 e. The van der Waals surface area contributed by atoms with E-state index in [1.54, 1.807) is 0 Å². The topological polar surface area (TPSA) is 29.1 Å². The lowest BCUT2D eigenvalue weighted by molar-refractivity contribution is 0.589. The molecule has 0 spiro atoms. The first kappa shape index (κ1) is 13.6. The van der Waals surface area contributed by atoms with Gasteiger partial charge < -0.3 is 5.32 Å². The molecule has 0 fully saturated rings. The van der Waals surface area contributed by atoms with E-state index in [1.807, 2.05) is 14.0 Å². The molecule has 0 radical (unpaired) electrons. The van der Waals surface area contributed by atoms with E-state index in [-0.39, 0.29) is 11.1 Å². The minimum Gasteiger partial charge on any atom is -0.316 e. The highest BCUT2D eigenvalue weighted by Gasteiger charge is 2.12. The van der Waals surface area contributed by atoms with E-state index in [1.165, 1.54) is 18.2 Å². The fraction of sp³-hybridized carbons (Fsp3) is 0.455. The van der Waals surface area contributed by atoms with E-state index >= 15 is 0 Å². The molecular formula is C11H15ClFNOS. The summed E-state index contributed by atoms with van der Waals surface area (Å²) in [6, 6.07) is 4.38. The van der Waals surface area contributed by atoms with Gasteiger partial charge in [-0.2, -0.15) is 0 Å². The number of hydrogen-bond donors (Lipinski definition) is 1. The summed E-state index contributed by atoms with van der Waals surface area (Å²) in [4.78, 5) is 0.570. The Morgan fingerprint density at radius 3 is 2.75 bits per heavy atom. The standard InChI is InChI=1S/C11H15ClFNOS/c1-3-8(14-2)7-16(15)9-4-5-11(13)10(12)6-9/h4-6,8,14H,3,7H2,1-2H3. The number of benzene rings is 1. The van der Waals surface area contributed by atoms with Crippen LogP contribution in [0.25, 0.3) is 0 Å². The zero-order chi connectivity index (χ0) is 12.1. The predicted molar refractivity (Wildman–Crippen MR) is 65.8 cm³/mol. The molecule has 1 rings (SSSR count). The van der Waals surface area contributed by atoms with Crippen LogP contribution in [0.5, 0.6) is 0 Å². The van der Waals surface area contributed by atoms with Crippen molar-refractivity contribution in [1.29, 1.82) is 0 Å². The maximum atomic E-state index is 12.9. The van der Waals surface area contributed by atoms with Crippen LogP contribution in [0.15, 0.2) is 23.1 Å². The van der Waals surface area contributed by atoms with Gasteiger partial charge in [0.2, 0.25) is 0 Å². The molecular weight excluding hydrogens is 249 g/mol. The van der Waals surface area contributed by atoms with Crippen molar-refractivity contribution >= 4 is 22.4 Å². The summed E-state index contributed by atoms with van der Waals surface area (Å²) in [7, 11) is 0.691. The molecule has 0 bridgehead atoms. The number of rotatable bonds is 5. The monoisotopic (exact) mass is 263 g/mol. The van der Waals surface area contributed by atoms with Crippen molar-refractivity contribution in [1.82, 2.24) is 5.32 Å². The Balaban J connectivity index is 2.76. The smallest absolute Gasteiger partial charge is 0.141 e. The van der Waals surface area contributed by atoms with Gasteiger partial charge in [0.15, 0.2) is 0 Å². The molecule has 90 valence electrons. The van der Waals surface area contributed by atoms with Gasteiger partial charge in [0.25, 0.3) is 0 Å². The molecule has 0 saturated heterocycles. The molecule has 0 saturated carbocycles. The van der Waals surface area contributed by atoms with Gasteiger partial charge in [0.1, 0.15) is 5.82 Å². The van der Waals surface area contributed by atoms with Crippen LogP contribution >= 0.6 is 11.6 Å².